The van der Waals surface area contributed by atoms with Gasteiger partial charge in [0.05, 0.1) is 4.92 Å². The van der Waals surface area contributed by atoms with E-state index in [2.05, 4.69) is 10.2 Å². The van der Waals surface area contributed by atoms with Gasteiger partial charge in [-0.1, -0.05) is 0 Å². The number of rotatable bonds is 3. The van der Waals surface area contributed by atoms with Crippen LogP contribution < -0.4 is 0 Å². The molecule has 1 heterocycles. The molecule has 1 aromatic heterocycles. The highest BCUT2D eigenvalue weighted by molar-refractivity contribution is 5.82. The molecule has 0 fully saturated rings. The number of aryl methyl sites for hydroxylation is 1. The van der Waals surface area contributed by atoms with Gasteiger partial charge in [0, 0.05) is 17.7 Å². The Bertz CT molecular complexity index is 634. The van der Waals surface area contributed by atoms with Gasteiger partial charge in [0.1, 0.15) is 0 Å². The molecule has 0 amide bonds. The molecular formula is C10H7N3O5. The molecule has 0 bridgehead atoms. The normalized spacial score (nSPS) is 10.3. The second kappa shape index (κ2) is 4.24. The van der Waals surface area contributed by atoms with Crippen LogP contribution in [0.2, 0.25) is 0 Å². The van der Waals surface area contributed by atoms with E-state index >= 15 is 0 Å². The van der Waals surface area contributed by atoms with E-state index in [-0.39, 0.29) is 11.6 Å². The Morgan fingerprint density at radius 1 is 1.44 bits per heavy atom. The minimum Gasteiger partial charge on any atom is -0.474 e. The van der Waals surface area contributed by atoms with Gasteiger partial charge in [0.2, 0.25) is 5.89 Å². The third kappa shape index (κ3) is 2.03. The summed E-state index contributed by atoms with van der Waals surface area (Å²) in [5.41, 5.74) is 0.944. The van der Waals surface area contributed by atoms with Crippen molar-refractivity contribution in [2.24, 2.45) is 0 Å². The third-order valence-electron chi connectivity index (χ3n) is 2.26. The molecule has 2 aromatic rings. The Balaban J connectivity index is 2.44. The van der Waals surface area contributed by atoms with Crippen LogP contribution in [0.4, 0.5) is 5.69 Å². The van der Waals surface area contributed by atoms with E-state index in [1.165, 1.54) is 18.2 Å². The average molecular weight is 249 g/mol. The van der Waals surface area contributed by atoms with Gasteiger partial charge >= 0.3 is 11.9 Å². The highest BCUT2D eigenvalue weighted by Gasteiger charge is 2.17. The Hall–Kier alpha value is -2.77. The summed E-state index contributed by atoms with van der Waals surface area (Å²) in [5.74, 6) is -1.84. The lowest BCUT2D eigenvalue weighted by molar-refractivity contribution is -0.384. The Morgan fingerprint density at radius 3 is 2.67 bits per heavy atom. The standard InChI is InChI=1S/C10H7N3O5/c1-5-4-6(13(16)17)2-3-7(5)8-11-12-9(18-8)10(14)15/h2-4H,1H3,(H,14,15). The number of carboxylic acid groups (broad SMARTS) is 1. The lowest BCUT2D eigenvalue weighted by atomic mass is 10.1. The summed E-state index contributed by atoms with van der Waals surface area (Å²) >= 11 is 0. The van der Waals surface area contributed by atoms with Crippen molar-refractivity contribution < 1.29 is 19.2 Å². The molecule has 0 saturated heterocycles. The average Bonchev–Trinajstić information content (AvgIpc) is 2.78. The summed E-state index contributed by atoms with van der Waals surface area (Å²) in [5, 5.41) is 26.1. The first kappa shape index (κ1) is 11.7. The smallest absolute Gasteiger partial charge is 0.393 e. The summed E-state index contributed by atoms with van der Waals surface area (Å²) in [7, 11) is 0. The zero-order chi connectivity index (χ0) is 13.3. The summed E-state index contributed by atoms with van der Waals surface area (Å²) in [6.45, 7) is 1.63. The zero-order valence-corrected chi connectivity index (χ0v) is 9.15. The molecule has 1 N–H and O–H groups in total. The molecule has 92 valence electrons. The second-order valence-corrected chi connectivity index (χ2v) is 3.47. The van der Waals surface area contributed by atoms with Gasteiger partial charge in [-0.2, -0.15) is 0 Å². The number of carboxylic acids is 1. The van der Waals surface area contributed by atoms with Crippen LogP contribution >= 0.6 is 0 Å². The van der Waals surface area contributed by atoms with Crippen molar-refractivity contribution in [3.8, 4) is 11.5 Å². The second-order valence-electron chi connectivity index (χ2n) is 3.47. The summed E-state index contributed by atoms with van der Waals surface area (Å²) in [4.78, 5) is 20.6. The molecule has 1 aromatic carbocycles. The third-order valence-corrected chi connectivity index (χ3v) is 2.26. The van der Waals surface area contributed by atoms with Crippen molar-refractivity contribution >= 4 is 11.7 Å². The van der Waals surface area contributed by atoms with Crippen molar-refractivity contribution in [3.05, 3.63) is 39.8 Å². The molecule has 8 nitrogen and oxygen atoms in total. The number of carbonyl (C=O) groups is 1. The highest BCUT2D eigenvalue weighted by Crippen LogP contribution is 2.25. The molecule has 0 aliphatic heterocycles. The van der Waals surface area contributed by atoms with Crippen LogP contribution in [0.1, 0.15) is 16.2 Å². The van der Waals surface area contributed by atoms with Crippen LogP contribution in [0, 0.1) is 17.0 Å². The van der Waals surface area contributed by atoms with E-state index in [1.54, 1.807) is 6.92 Å². The number of nitrogens with zero attached hydrogens (tertiary/aromatic N) is 3. The fraction of sp³-hybridized carbons (Fsp3) is 0.100. The van der Waals surface area contributed by atoms with E-state index in [0.717, 1.165) is 0 Å². The topological polar surface area (TPSA) is 119 Å². The minimum atomic E-state index is -1.33. The molecular weight excluding hydrogens is 242 g/mol. The largest absolute Gasteiger partial charge is 0.474 e. The Kier molecular flexibility index (Phi) is 2.76. The van der Waals surface area contributed by atoms with E-state index in [0.29, 0.717) is 11.1 Å². The van der Waals surface area contributed by atoms with Gasteiger partial charge in [-0.05, 0) is 18.6 Å². The summed E-state index contributed by atoms with van der Waals surface area (Å²) in [6.07, 6.45) is 0. The van der Waals surface area contributed by atoms with E-state index < -0.39 is 16.8 Å². The number of aromatic carboxylic acids is 1. The number of nitro groups is 1. The zero-order valence-electron chi connectivity index (χ0n) is 9.15. The van der Waals surface area contributed by atoms with Gasteiger partial charge in [-0.3, -0.25) is 10.1 Å². The van der Waals surface area contributed by atoms with E-state index in [4.69, 9.17) is 9.52 Å². The first-order chi connectivity index (χ1) is 8.49. The SMILES string of the molecule is Cc1cc([N+](=O)[O-])ccc1-c1nnc(C(=O)O)o1. The number of hydrogen-bond acceptors (Lipinski definition) is 6. The van der Waals surface area contributed by atoms with Crippen molar-refractivity contribution in [2.45, 2.75) is 6.92 Å². The molecule has 18 heavy (non-hydrogen) atoms. The van der Waals surface area contributed by atoms with Gasteiger partial charge in [0.25, 0.3) is 5.69 Å². The molecule has 0 radical (unpaired) electrons. The number of hydrogen-bond donors (Lipinski definition) is 1. The molecule has 0 unspecified atom stereocenters. The molecule has 8 heteroatoms. The fourth-order valence-electron chi connectivity index (χ4n) is 1.42. The van der Waals surface area contributed by atoms with Crippen LogP contribution in [0.15, 0.2) is 22.6 Å². The minimum absolute atomic E-state index is 0.0137. The maximum absolute atomic E-state index is 10.6. The van der Waals surface area contributed by atoms with E-state index in [1.807, 2.05) is 0 Å². The predicted molar refractivity (Wildman–Crippen MR) is 58.1 cm³/mol. The van der Waals surface area contributed by atoms with Crippen LogP contribution in [0.3, 0.4) is 0 Å². The Labute approximate surface area is 100 Å². The van der Waals surface area contributed by atoms with Gasteiger partial charge in [-0.15, -0.1) is 10.2 Å². The first-order valence-electron chi connectivity index (χ1n) is 4.81. The molecule has 0 saturated carbocycles. The first-order valence-corrected chi connectivity index (χ1v) is 4.81. The summed E-state index contributed by atoms with van der Waals surface area (Å²) < 4.78 is 4.92. The van der Waals surface area contributed by atoms with Gasteiger partial charge in [-0.25, -0.2) is 4.79 Å². The maximum atomic E-state index is 10.6. The monoisotopic (exact) mass is 249 g/mol. The van der Waals surface area contributed by atoms with Crippen LogP contribution in [-0.2, 0) is 0 Å². The van der Waals surface area contributed by atoms with Crippen molar-refractivity contribution in [3.63, 3.8) is 0 Å². The predicted octanol–water partition coefficient (Wildman–Crippen LogP) is 1.65. The van der Waals surface area contributed by atoms with Gasteiger partial charge in [0.15, 0.2) is 0 Å². The summed E-state index contributed by atoms with van der Waals surface area (Å²) in [6, 6.07) is 4.07. The van der Waals surface area contributed by atoms with Crippen LogP contribution in [-0.4, -0.2) is 26.2 Å². The van der Waals surface area contributed by atoms with Crippen molar-refractivity contribution in [1.82, 2.24) is 10.2 Å². The molecule has 0 atom stereocenters. The van der Waals surface area contributed by atoms with E-state index in [9.17, 15) is 14.9 Å². The quantitative estimate of drug-likeness (QED) is 0.648. The molecule has 0 spiro atoms. The molecule has 2 rings (SSSR count). The number of aromatic nitrogens is 2. The van der Waals surface area contributed by atoms with Crippen LogP contribution in [0.5, 0.6) is 0 Å². The van der Waals surface area contributed by atoms with Gasteiger partial charge < -0.3 is 9.52 Å². The fourth-order valence-corrected chi connectivity index (χ4v) is 1.42. The van der Waals surface area contributed by atoms with Crippen molar-refractivity contribution in [1.29, 1.82) is 0 Å². The van der Waals surface area contributed by atoms with Crippen molar-refractivity contribution in [2.75, 3.05) is 0 Å². The lowest BCUT2D eigenvalue weighted by Crippen LogP contribution is -1.95. The number of nitro benzene ring substituents is 1. The molecule has 0 aliphatic rings. The lowest BCUT2D eigenvalue weighted by Gasteiger charge is -1.99. The highest BCUT2D eigenvalue weighted by atomic mass is 16.6. The number of benzene rings is 1. The molecule has 0 aliphatic carbocycles. The Morgan fingerprint density at radius 2 is 2.17 bits per heavy atom. The van der Waals surface area contributed by atoms with Crippen LogP contribution in [0.25, 0.3) is 11.5 Å². The maximum Gasteiger partial charge on any atom is 0.393 e. The number of non-ortho nitro benzene ring substituents is 1.